The Morgan fingerprint density at radius 2 is 1.94 bits per heavy atom. The molecule has 2 atom stereocenters. The van der Waals surface area contributed by atoms with Gasteiger partial charge < -0.3 is 25.1 Å². The Balaban J connectivity index is 0.00000385. The number of nitrogens with one attached hydrogen (secondary N) is 2. The summed E-state index contributed by atoms with van der Waals surface area (Å²) in [5.41, 5.74) is 0.247. The Kier molecular flexibility index (Phi) is 11.1. The van der Waals surface area contributed by atoms with E-state index in [1.807, 2.05) is 26.0 Å². The second-order valence-electron chi connectivity index (χ2n) is 8.88. The first-order chi connectivity index (χ1) is 15.4. The van der Waals surface area contributed by atoms with Crippen LogP contribution >= 0.6 is 24.0 Å². The first kappa shape index (κ1) is 27.6. The fourth-order valence-electron chi connectivity index (χ4n) is 4.08. The summed E-state index contributed by atoms with van der Waals surface area (Å²) in [5.74, 6) is 2.04. The highest BCUT2D eigenvalue weighted by molar-refractivity contribution is 14.0. The summed E-state index contributed by atoms with van der Waals surface area (Å²) in [6.45, 7) is 11.7. The third kappa shape index (κ3) is 8.27. The van der Waals surface area contributed by atoms with Gasteiger partial charge in [-0.05, 0) is 51.9 Å². The normalized spacial score (nSPS) is 19.5. The van der Waals surface area contributed by atoms with Crippen molar-refractivity contribution in [2.45, 2.75) is 38.8 Å². The van der Waals surface area contributed by atoms with Gasteiger partial charge in [0.05, 0.1) is 6.54 Å². The Hall–Kier alpha value is -1.62. The molecule has 3 rings (SSSR count). The Morgan fingerprint density at radius 1 is 1.18 bits per heavy atom. The average Bonchev–Trinajstić information content (AvgIpc) is 3.23. The Morgan fingerprint density at radius 3 is 2.61 bits per heavy atom. The largest absolute Gasteiger partial charge is 0.463 e. The van der Waals surface area contributed by atoms with E-state index in [0.29, 0.717) is 17.8 Å². The lowest BCUT2D eigenvalue weighted by Crippen LogP contribution is -2.47. The molecule has 1 fully saturated rings. The zero-order valence-corrected chi connectivity index (χ0v) is 22.7. The highest BCUT2D eigenvalue weighted by Gasteiger charge is 2.27. The summed E-state index contributed by atoms with van der Waals surface area (Å²) in [6.07, 6.45) is 1.02. The maximum atomic E-state index is 10.7. The van der Waals surface area contributed by atoms with Crippen molar-refractivity contribution in [3.05, 3.63) is 59.5 Å². The van der Waals surface area contributed by atoms with Gasteiger partial charge >= 0.3 is 0 Å². The van der Waals surface area contributed by atoms with E-state index in [-0.39, 0.29) is 30.5 Å². The van der Waals surface area contributed by atoms with Crippen molar-refractivity contribution in [1.29, 1.82) is 0 Å². The predicted molar refractivity (Wildman–Crippen MR) is 145 cm³/mol. The number of hydrogen-bond donors (Lipinski definition) is 3. The van der Waals surface area contributed by atoms with Gasteiger partial charge in [0.25, 0.3) is 0 Å². The highest BCUT2D eigenvalue weighted by Crippen LogP contribution is 2.25. The molecule has 2 aromatic rings. The van der Waals surface area contributed by atoms with E-state index < -0.39 is 5.60 Å². The molecule has 0 saturated carbocycles. The zero-order chi connectivity index (χ0) is 23.0. The van der Waals surface area contributed by atoms with Crippen LogP contribution < -0.4 is 10.6 Å². The number of rotatable bonds is 9. The molecular weight excluding hydrogens is 529 g/mol. The molecule has 3 N–H and O–H groups in total. The Labute approximate surface area is 215 Å². The number of nitrogens with zero attached hydrogens (tertiary/aromatic N) is 3. The molecule has 0 radical (unpaired) electrons. The number of aliphatic imine (C=N–C) groups is 1. The number of halogens is 1. The van der Waals surface area contributed by atoms with Gasteiger partial charge in [-0.2, -0.15) is 0 Å². The SMILES string of the molecule is CCNC(=NCC(C)(O)c1ccc(C)o1)NCCCN1CCN(C)CC1c1ccccc1.I. The van der Waals surface area contributed by atoms with E-state index in [1.54, 1.807) is 6.92 Å². The summed E-state index contributed by atoms with van der Waals surface area (Å²) in [4.78, 5) is 9.59. The molecule has 8 heteroatoms. The van der Waals surface area contributed by atoms with Gasteiger partial charge in [0, 0.05) is 45.3 Å². The molecule has 1 aromatic carbocycles. The van der Waals surface area contributed by atoms with Gasteiger partial charge in [0.2, 0.25) is 0 Å². The minimum absolute atomic E-state index is 0. The van der Waals surface area contributed by atoms with Gasteiger partial charge in [0.15, 0.2) is 5.96 Å². The number of aliphatic hydroxyl groups is 1. The van der Waals surface area contributed by atoms with Crippen molar-refractivity contribution >= 4 is 29.9 Å². The molecule has 33 heavy (non-hydrogen) atoms. The van der Waals surface area contributed by atoms with Crippen LogP contribution in [0.2, 0.25) is 0 Å². The monoisotopic (exact) mass is 569 g/mol. The third-order valence-electron chi connectivity index (χ3n) is 5.95. The second kappa shape index (κ2) is 13.3. The van der Waals surface area contributed by atoms with Crippen molar-refractivity contribution < 1.29 is 9.52 Å². The van der Waals surface area contributed by atoms with Crippen molar-refractivity contribution in [2.75, 3.05) is 52.9 Å². The number of piperazine rings is 1. The molecule has 7 nitrogen and oxygen atoms in total. The van der Waals surface area contributed by atoms with E-state index in [0.717, 1.165) is 51.4 Å². The quantitative estimate of drug-likeness (QED) is 0.186. The summed E-state index contributed by atoms with van der Waals surface area (Å²) >= 11 is 0. The van der Waals surface area contributed by atoms with Crippen LogP contribution in [0, 0.1) is 6.92 Å². The molecule has 2 unspecified atom stereocenters. The summed E-state index contributed by atoms with van der Waals surface area (Å²) in [5, 5.41) is 17.4. The zero-order valence-electron chi connectivity index (χ0n) is 20.4. The van der Waals surface area contributed by atoms with E-state index in [4.69, 9.17) is 4.42 Å². The molecule has 184 valence electrons. The maximum absolute atomic E-state index is 10.7. The van der Waals surface area contributed by atoms with Gasteiger partial charge in [-0.3, -0.25) is 4.90 Å². The number of guanidine groups is 1. The minimum Gasteiger partial charge on any atom is -0.463 e. The minimum atomic E-state index is -1.14. The molecule has 1 aliphatic rings. The number of benzene rings is 1. The van der Waals surface area contributed by atoms with Gasteiger partial charge in [0.1, 0.15) is 17.1 Å². The molecule has 0 aliphatic carbocycles. The van der Waals surface area contributed by atoms with Crippen molar-refractivity contribution in [1.82, 2.24) is 20.4 Å². The Bertz CT molecular complexity index is 855. The van der Waals surface area contributed by atoms with E-state index in [9.17, 15) is 5.11 Å². The molecule has 2 heterocycles. The first-order valence-electron chi connectivity index (χ1n) is 11.7. The summed E-state index contributed by atoms with van der Waals surface area (Å²) in [6, 6.07) is 14.9. The molecule has 0 amide bonds. The first-order valence-corrected chi connectivity index (χ1v) is 11.7. The van der Waals surface area contributed by atoms with E-state index in [1.165, 1.54) is 5.56 Å². The van der Waals surface area contributed by atoms with Gasteiger partial charge in [-0.15, -0.1) is 24.0 Å². The number of hydrogen-bond acceptors (Lipinski definition) is 5. The van der Waals surface area contributed by atoms with Crippen molar-refractivity contribution in [2.24, 2.45) is 4.99 Å². The lowest BCUT2D eigenvalue weighted by molar-refractivity contribution is 0.0428. The van der Waals surface area contributed by atoms with Crippen LogP contribution in [0.15, 0.2) is 51.9 Å². The second-order valence-corrected chi connectivity index (χ2v) is 8.88. The van der Waals surface area contributed by atoms with Gasteiger partial charge in [-0.1, -0.05) is 30.3 Å². The van der Waals surface area contributed by atoms with Crippen LogP contribution in [0.5, 0.6) is 0 Å². The summed E-state index contributed by atoms with van der Waals surface area (Å²) in [7, 11) is 2.20. The molecule has 0 bridgehead atoms. The average molecular weight is 570 g/mol. The molecule has 1 aliphatic heterocycles. The number of likely N-dealkylation sites (N-methyl/N-ethyl adjacent to an activating group) is 1. The standard InChI is InChI=1S/C25H39N5O2.HI/c1-5-26-24(28-19-25(3,31)23-13-12-20(2)32-23)27-14-9-15-30-17-16-29(4)18-22(30)21-10-7-6-8-11-21;/h6-8,10-13,22,31H,5,9,14-19H2,1-4H3,(H2,26,27,28);1H. The molecule has 1 saturated heterocycles. The van der Waals surface area contributed by atoms with Gasteiger partial charge in [-0.25, -0.2) is 4.99 Å². The van der Waals surface area contributed by atoms with E-state index in [2.05, 4.69) is 62.8 Å². The van der Waals surface area contributed by atoms with Crippen LogP contribution in [0.25, 0.3) is 0 Å². The number of furan rings is 1. The predicted octanol–water partition coefficient (Wildman–Crippen LogP) is 3.35. The lowest BCUT2D eigenvalue weighted by Gasteiger charge is -2.40. The van der Waals surface area contributed by atoms with Crippen LogP contribution in [0.4, 0.5) is 0 Å². The molecule has 1 aromatic heterocycles. The topological polar surface area (TPSA) is 76.3 Å². The number of aryl methyl sites for hydroxylation is 1. The maximum Gasteiger partial charge on any atom is 0.191 e. The highest BCUT2D eigenvalue weighted by atomic mass is 127. The van der Waals surface area contributed by atoms with Crippen LogP contribution in [0.3, 0.4) is 0 Å². The molecular formula is C25H40IN5O2. The fourth-order valence-corrected chi connectivity index (χ4v) is 4.08. The van der Waals surface area contributed by atoms with Crippen LogP contribution in [-0.2, 0) is 5.60 Å². The van der Waals surface area contributed by atoms with Crippen molar-refractivity contribution in [3.8, 4) is 0 Å². The lowest BCUT2D eigenvalue weighted by atomic mass is 10.0. The van der Waals surface area contributed by atoms with Crippen LogP contribution in [-0.4, -0.2) is 73.7 Å². The third-order valence-corrected chi connectivity index (χ3v) is 5.95. The summed E-state index contributed by atoms with van der Waals surface area (Å²) < 4.78 is 5.59. The van der Waals surface area contributed by atoms with E-state index >= 15 is 0 Å². The molecule has 0 spiro atoms. The fraction of sp³-hybridized carbons (Fsp3) is 0.560. The van der Waals surface area contributed by atoms with Crippen molar-refractivity contribution in [3.63, 3.8) is 0 Å². The van der Waals surface area contributed by atoms with Crippen LogP contribution in [0.1, 0.15) is 43.4 Å². The smallest absolute Gasteiger partial charge is 0.191 e.